The SMILES string of the molecule is COc1ccc(C(=O)NCc2nc3ccccc3n2CC(=O)N2CCC(C)CC2)cc1. The van der Waals surface area contributed by atoms with Crippen molar-refractivity contribution < 1.29 is 14.3 Å². The van der Waals surface area contributed by atoms with Gasteiger partial charge in [0.15, 0.2) is 0 Å². The highest BCUT2D eigenvalue weighted by Crippen LogP contribution is 2.20. The number of carbonyl (C=O) groups is 2. The number of para-hydroxylation sites is 2. The first-order valence-corrected chi connectivity index (χ1v) is 10.7. The highest BCUT2D eigenvalue weighted by molar-refractivity contribution is 5.94. The first-order valence-electron chi connectivity index (χ1n) is 10.7. The number of carbonyl (C=O) groups excluding carboxylic acids is 2. The Balaban J connectivity index is 1.50. The van der Waals surface area contributed by atoms with Gasteiger partial charge >= 0.3 is 0 Å². The summed E-state index contributed by atoms with van der Waals surface area (Å²) in [6, 6.07) is 14.7. The van der Waals surface area contributed by atoms with E-state index in [0.29, 0.717) is 23.1 Å². The second kappa shape index (κ2) is 9.20. The molecule has 1 saturated heterocycles. The number of aromatic nitrogens is 2. The molecule has 0 bridgehead atoms. The van der Waals surface area contributed by atoms with Crippen LogP contribution < -0.4 is 10.1 Å². The van der Waals surface area contributed by atoms with Crippen LogP contribution in [-0.4, -0.2) is 46.5 Å². The van der Waals surface area contributed by atoms with Crippen LogP contribution in [-0.2, 0) is 17.9 Å². The van der Waals surface area contributed by atoms with Crippen LogP contribution in [0.3, 0.4) is 0 Å². The zero-order valence-corrected chi connectivity index (χ0v) is 18.0. The Bertz CT molecular complexity index is 1070. The van der Waals surface area contributed by atoms with Crippen molar-refractivity contribution in [3.05, 3.63) is 59.9 Å². The van der Waals surface area contributed by atoms with Crippen molar-refractivity contribution in [1.29, 1.82) is 0 Å². The van der Waals surface area contributed by atoms with Gasteiger partial charge < -0.3 is 19.5 Å². The first kappa shape index (κ1) is 20.9. The maximum atomic E-state index is 13.0. The third kappa shape index (κ3) is 4.71. The molecule has 2 heterocycles. The lowest BCUT2D eigenvalue weighted by Gasteiger charge is -2.30. The molecule has 0 unspecified atom stereocenters. The Morgan fingerprint density at radius 1 is 1.10 bits per heavy atom. The number of amides is 2. The molecule has 0 radical (unpaired) electrons. The van der Waals surface area contributed by atoms with Gasteiger partial charge in [-0.05, 0) is 55.2 Å². The number of benzene rings is 2. The molecule has 2 amide bonds. The predicted molar refractivity (Wildman–Crippen MR) is 119 cm³/mol. The average Bonchev–Trinajstić information content (AvgIpc) is 3.15. The van der Waals surface area contributed by atoms with Crippen molar-refractivity contribution in [2.24, 2.45) is 5.92 Å². The lowest BCUT2D eigenvalue weighted by atomic mass is 9.99. The number of nitrogens with zero attached hydrogens (tertiary/aromatic N) is 3. The summed E-state index contributed by atoms with van der Waals surface area (Å²) < 4.78 is 7.06. The minimum absolute atomic E-state index is 0.0952. The molecular formula is C24H28N4O3. The average molecular weight is 421 g/mol. The highest BCUT2D eigenvalue weighted by Gasteiger charge is 2.22. The third-order valence-corrected chi connectivity index (χ3v) is 5.92. The summed E-state index contributed by atoms with van der Waals surface area (Å²) in [6.45, 7) is 4.30. The molecule has 2 aromatic carbocycles. The van der Waals surface area contributed by atoms with E-state index >= 15 is 0 Å². The molecule has 0 atom stereocenters. The molecule has 3 aromatic rings. The van der Waals surface area contributed by atoms with Crippen molar-refractivity contribution in [1.82, 2.24) is 19.8 Å². The summed E-state index contributed by atoms with van der Waals surface area (Å²) in [4.78, 5) is 32.2. The fourth-order valence-corrected chi connectivity index (χ4v) is 3.93. The molecule has 31 heavy (non-hydrogen) atoms. The molecule has 162 valence electrons. The highest BCUT2D eigenvalue weighted by atomic mass is 16.5. The zero-order chi connectivity index (χ0) is 21.8. The van der Waals surface area contributed by atoms with Crippen LogP contribution in [0.15, 0.2) is 48.5 Å². The van der Waals surface area contributed by atoms with E-state index in [1.807, 2.05) is 33.7 Å². The third-order valence-electron chi connectivity index (χ3n) is 5.92. The monoisotopic (exact) mass is 420 g/mol. The van der Waals surface area contributed by atoms with Crippen LogP contribution in [0.5, 0.6) is 5.75 Å². The number of rotatable bonds is 6. The fraction of sp³-hybridized carbons (Fsp3) is 0.375. The summed E-state index contributed by atoms with van der Waals surface area (Å²) >= 11 is 0. The Labute approximate surface area is 182 Å². The van der Waals surface area contributed by atoms with Crippen molar-refractivity contribution in [3.63, 3.8) is 0 Å². The van der Waals surface area contributed by atoms with E-state index in [1.54, 1.807) is 31.4 Å². The molecule has 0 spiro atoms. The van der Waals surface area contributed by atoms with Crippen molar-refractivity contribution in [3.8, 4) is 5.75 Å². The summed E-state index contributed by atoms with van der Waals surface area (Å²) in [5, 5.41) is 2.92. The summed E-state index contributed by atoms with van der Waals surface area (Å²) in [6.07, 6.45) is 2.09. The molecule has 1 aliphatic heterocycles. The van der Waals surface area contributed by atoms with Gasteiger partial charge in [0.25, 0.3) is 5.91 Å². The zero-order valence-electron chi connectivity index (χ0n) is 18.0. The van der Waals surface area contributed by atoms with Crippen LogP contribution in [0.2, 0.25) is 0 Å². The lowest BCUT2D eigenvalue weighted by Crippen LogP contribution is -2.40. The molecule has 1 aromatic heterocycles. The van der Waals surface area contributed by atoms with E-state index in [9.17, 15) is 9.59 Å². The number of hydrogen-bond donors (Lipinski definition) is 1. The predicted octanol–water partition coefficient (Wildman–Crippen LogP) is 3.23. The van der Waals surface area contributed by atoms with Crippen LogP contribution in [0, 0.1) is 5.92 Å². The van der Waals surface area contributed by atoms with Gasteiger partial charge in [-0.2, -0.15) is 0 Å². The van der Waals surface area contributed by atoms with Gasteiger partial charge in [-0.15, -0.1) is 0 Å². The van der Waals surface area contributed by atoms with Crippen LogP contribution >= 0.6 is 0 Å². The molecule has 0 saturated carbocycles. The smallest absolute Gasteiger partial charge is 0.251 e. The van der Waals surface area contributed by atoms with Gasteiger partial charge in [-0.1, -0.05) is 19.1 Å². The number of fused-ring (bicyclic) bond motifs is 1. The van der Waals surface area contributed by atoms with E-state index in [4.69, 9.17) is 4.74 Å². The van der Waals surface area contributed by atoms with E-state index in [0.717, 1.165) is 37.0 Å². The van der Waals surface area contributed by atoms with Gasteiger partial charge in [-0.25, -0.2) is 4.98 Å². The number of imidazole rings is 1. The van der Waals surface area contributed by atoms with Gasteiger partial charge in [-0.3, -0.25) is 9.59 Å². The minimum atomic E-state index is -0.197. The summed E-state index contributed by atoms with van der Waals surface area (Å²) in [5.41, 5.74) is 2.26. The van der Waals surface area contributed by atoms with Gasteiger partial charge in [0.05, 0.1) is 24.7 Å². The Kier molecular flexibility index (Phi) is 6.21. The molecule has 7 nitrogen and oxygen atoms in total. The largest absolute Gasteiger partial charge is 0.497 e. The number of piperidine rings is 1. The molecule has 1 fully saturated rings. The molecule has 4 rings (SSSR count). The molecule has 7 heteroatoms. The van der Waals surface area contributed by atoms with Gasteiger partial charge in [0, 0.05) is 18.7 Å². The topological polar surface area (TPSA) is 76.5 Å². The van der Waals surface area contributed by atoms with Crippen LogP contribution in [0.25, 0.3) is 11.0 Å². The minimum Gasteiger partial charge on any atom is -0.497 e. The number of nitrogens with one attached hydrogen (secondary N) is 1. The van der Waals surface area contributed by atoms with Gasteiger partial charge in [0.1, 0.15) is 18.1 Å². The van der Waals surface area contributed by atoms with Crippen molar-refractivity contribution >= 4 is 22.8 Å². The second-order valence-electron chi connectivity index (χ2n) is 8.08. The number of methoxy groups -OCH3 is 1. The van der Waals surface area contributed by atoms with Crippen molar-refractivity contribution in [2.45, 2.75) is 32.9 Å². The van der Waals surface area contributed by atoms with Crippen LogP contribution in [0.1, 0.15) is 35.9 Å². The maximum Gasteiger partial charge on any atom is 0.251 e. The number of ether oxygens (including phenoxy) is 1. The Morgan fingerprint density at radius 2 is 1.81 bits per heavy atom. The lowest BCUT2D eigenvalue weighted by molar-refractivity contribution is -0.133. The maximum absolute atomic E-state index is 13.0. The van der Waals surface area contributed by atoms with E-state index < -0.39 is 0 Å². The summed E-state index contributed by atoms with van der Waals surface area (Å²) in [5.74, 6) is 1.93. The first-order chi connectivity index (χ1) is 15.0. The van der Waals surface area contributed by atoms with E-state index in [2.05, 4.69) is 17.2 Å². The Morgan fingerprint density at radius 3 is 2.52 bits per heavy atom. The molecule has 1 aliphatic rings. The number of hydrogen-bond acceptors (Lipinski definition) is 4. The normalized spacial score (nSPS) is 14.6. The molecule has 1 N–H and O–H groups in total. The van der Waals surface area contributed by atoms with Crippen LogP contribution in [0.4, 0.5) is 0 Å². The summed E-state index contributed by atoms with van der Waals surface area (Å²) in [7, 11) is 1.59. The van der Waals surface area contributed by atoms with Crippen molar-refractivity contribution in [2.75, 3.05) is 20.2 Å². The van der Waals surface area contributed by atoms with E-state index in [-0.39, 0.29) is 24.9 Å². The standard InChI is InChI=1S/C24H28N4O3/c1-17-11-13-27(14-12-17)23(29)16-28-21-6-4-3-5-20(21)26-22(28)15-25-24(30)18-7-9-19(31-2)10-8-18/h3-10,17H,11-16H2,1-2H3,(H,25,30). The Hall–Kier alpha value is -3.35. The second-order valence-corrected chi connectivity index (χ2v) is 8.08. The van der Waals surface area contributed by atoms with Gasteiger partial charge in [0.2, 0.25) is 5.91 Å². The number of likely N-dealkylation sites (tertiary alicyclic amines) is 1. The van der Waals surface area contributed by atoms with E-state index in [1.165, 1.54) is 0 Å². The quantitative estimate of drug-likeness (QED) is 0.664. The molecular weight excluding hydrogens is 392 g/mol. The fourth-order valence-electron chi connectivity index (χ4n) is 3.93. The molecule has 0 aliphatic carbocycles.